The van der Waals surface area contributed by atoms with Gasteiger partial charge >= 0.3 is 6.09 Å². The molecule has 0 aliphatic carbocycles. The molecule has 5 nitrogen and oxygen atoms in total. The van der Waals surface area contributed by atoms with Gasteiger partial charge in [0.1, 0.15) is 6.10 Å². The zero-order valence-corrected chi connectivity index (χ0v) is 16.0. The maximum Gasteiger partial charge on any atom is 0.428 e. The molecule has 0 bridgehead atoms. The van der Waals surface area contributed by atoms with Crippen molar-refractivity contribution in [1.29, 1.82) is 0 Å². The maximum atomic E-state index is 12.1. The molecule has 2 aromatic carbocycles. The van der Waals surface area contributed by atoms with Crippen molar-refractivity contribution in [2.24, 2.45) is 11.0 Å². The largest absolute Gasteiger partial charge is 0.442 e. The molecule has 142 valence electrons. The normalized spacial score (nSPS) is 22.9. The van der Waals surface area contributed by atoms with Gasteiger partial charge in [-0.2, -0.15) is 5.10 Å². The monoisotopic (exact) mass is 366 g/mol. The Morgan fingerprint density at radius 2 is 1.74 bits per heavy atom. The lowest BCUT2D eigenvalue weighted by molar-refractivity contribution is -0.0950. The SMILES string of the molecule is C/C(=N\NC(=O)OC1[C@H](C)OCC[C@@H]1C)c1ccc(-c2ccccc2)cc1. The molecule has 0 aromatic heterocycles. The minimum Gasteiger partial charge on any atom is -0.442 e. The second-order valence-electron chi connectivity index (χ2n) is 6.96. The van der Waals surface area contributed by atoms with Crippen LogP contribution in [0.15, 0.2) is 59.7 Å². The van der Waals surface area contributed by atoms with Crippen LogP contribution < -0.4 is 5.43 Å². The molecule has 27 heavy (non-hydrogen) atoms. The van der Waals surface area contributed by atoms with Crippen molar-refractivity contribution >= 4 is 11.8 Å². The fourth-order valence-corrected chi connectivity index (χ4v) is 3.25. The van der Waals surface area contributed by atoms with Crippen LogP contribution in [0.25, 0.3) is 11.1 Å². The summed E-state index contributed by atoms with van der Waals surface area (Å²) < 4.78 is 11.1. The molecule has 1 aliphatic rings. The third-order valence-electron chi connectivity index (χ3n) is 4.95. The number of nitrogens with zero attached hydrogens (tertiary/aromatic N) is 1. The first-order valence-electron chi connectivity index (χ1n) is 9.33. The van der Waals surface area contributed by atoms with E-state index in [2.05, 4.69) is 29.6 Å². The molecule has 1 heterocycles. The molecule has 0 saturated carbocycles. The number of rotatable bonds is 4. The fraction of sp³-hybridized carbons (Fsp3) is 0.364. The van der Waals surface area contributed by atoms with E-state index in [1.165, 1.54) is 5.56 Å². The van der Waals surface area contributed by atoms with Crippen LogP contribution in [0, 0.1) is 5.92 Å². The Hall–Kier alpha value is -2.66. The Kier molecular flexibility index (Phi) is 6.24. The van der Waals surface area contributed by atoms with Crippen LogP contribution in [0.5, 0.6) is 0 Å². The second kappa shape index (κ2) is 8.82. The lowest BCUT2D eigenvalue weighted by Gasteiger charge is -2.33. The van der Waals surface area contributed by atoms with Crippen LogP contribution in [-0.2, 0) is 9.47 Å². The number of nitrogens with one attached hydrogen (secondary N) is 1. The van der Waals surface area contributed by atoms with Crippen LogP contribution in [0.3, 0.4) is 0 Å². The van der Waals surface area contributed by atoms with Gasteiger partial charge in [0.15, 0.2) is 0 Å². The number of benzene rings is 2. The highest BCUT2D eigenvalue weighted by Crippen LogP contribution is 2.23. The number of ether oxygens (including phenoxy) is 2. The van der Waals surface area contributed by atoms with E-state index in [4.69, 9.17) is 9.47 Å². The van der Waals surface area contributed by atoms with Crippen molar-refractivity contribution < 1.29 is 14.3 Å². The Morgan fingerprint density at radius 3 is 2.41 bits per heavy atom. The van der Waals surface area contributed by atoms with E-state index in [9.17, 15) is 4.79 Å². The van der Waals surface area contributed by atoms with Gasteiger partial charge in [-0.3, -0.25) is 0 Å². The van der Waals surface area contributed by atoms with Crippen molar-refractivity contribution in [1.82, 2.24) is 5.43 Å². The summed E-state index contributed by atoms with van der Waals surface area (Å²) in [6.07, 6.45) is -0.0165. The predicted molar refractivity (Wildman–Crippen MR) is 107 cm³/mol. The molecule has 1 saturated heterocycles. The second-order valence-corrected chi connectivity index (χ2v) is 6.96. The summed E-state index contributed by atoms with van der Waals surface area (Å²) in [5, 5.41) is 4.16. The molecule has 3 rings (SSSR count). The molecule has 3 atom stereocenters. The lowest BCUT2D eigenvalue weighted by Crippen LogP contribution is -2.42. The van der Waals surface area contributed by atoms with E-state index in [0.29, 0.717) is 12.3 Å². The van der Waals surface area contributed by atoms with E-state index < -0.39 is 6.09 Å². The Labute approximate surface area is 160 Å². The van der Waals surface area contributed by atoms with Crippen molar-refractivity contribution in [2.75, 3.05) is 6.61 Å². The molecule has 1 aliphatic heterocycles. The minimum absolute atomic E-state index is 0.102. The van der Waals surface area contributed by atoms with Gasteiger partial charge < -0.3 is 9.47 Å². The number of hydrogen-bond acceptors (Lipinski definition) is 4. The number of hydrazone groups is 1. The van der Waals surface area contributed by atoms with Gasteiger partial charge in [0.05, 0.1) is 11.8 Å². The molecule has 2 aromatic rings. The van der Waals surface area contributed by atoms with Gasteiger partial charge in [-0.05, 0) is 42.9 Å². The van der Waals surface area contributed by atoms with Crippen molar-refractivity contribution in [3.05, 3.63) is 60.2 Å². The van der Waals surface area contributed by atoms with Crippen LogP contribution in [-0.4, -0.2) is 30.6 Å². The Bertz CT molecular complexity index is 777. The average molecular weight is 366 g/mol. The predicted octanol–water partition coefficient (Wildman–Crippen LogP) is 4.62. The van der Waals surface area contributed by atoms with Gasteiger partial charge in [-0.1, -0.05) is 61.5 Å². The number of carbonyl (C=O) groups is 1. The number of amides is 1. The van der Waals surface area contributed by atoms with E-state index in [0.717, 1.165) is 17.5 Å². The van der Waals surface area contributed by atoms with Crippen LogP contribution in [0.2, 0.25) is 0 Å². The Balaban J connectivity index is 1.59. The first-order valence-corrected chi connectivity index (χ1v) is 9.33. The number of hydrogen-bond donors (Lipinski definition) is 1. The topological polar surface area (TPSA) is 59.9 Å². The van der Waals surface area contributed by atoms with Gasteiger partial charge in [-0.25, -0.2) is 10.2 Å². The quantitative estimate of drug-likeness (QED) is 0.634. The average Bonchev–Trinajstić information content (AvgIpc) is 2.70. The van der Waals surface area contributed by atoms with Gasteiger partial charge in [0.2, 0.25) is 0 Å². The molecule has 5 heteroatoms. The van der Waals surface area contributed by atoms with Gasteiger partial charge in [0.25, 0.3) is 0 Å². The summed E-state index contributed by atoms with van der Waals surface area (Å²) in [5.74, 6) is 0.273. The molecule has 1 unspecified atom stereocenters. The smallest absolute Gasteiger partial charge is 0.428 e. The summed E-state index contributed by atoms with van der Waals surface area (Å²) >= 11 is 0. The lowest BCUT2D eigenvalue weighted by atomic mass is 9.95. The Morgan fingerprint density at radius 1 is 1.07 bits per heavy atom. The minimum atomic E-state index is -0.551. The number of carbonyl (C=O) groups excluding carboxylic acids is 1. The fourth-order valence-electron chi connectivity index (χ4n) is 3.25. The van der Waals surface area contributed by atoms with E-state index >= 15 is 0 Å². The molecule has 0 radical (unpaired) electrons. The molecular formula is C22H26N2O3. The molecule has 1 N–H and O–H groups in total. The van der Waals surface area contributed by atoms with E-state index in [1.807, 2.05) is 56.3 Å². The maximum absolute atomic E-state index is 12.1. The van der Waals surface area contributed by atoms with E-state index in [-0.39, 0.29) is 18.1 Å². The van der Waals surface area contributed by atoms with Gasteiger partial charge in [-0.15, -0.1) is 0 Å². The molecule has 0 spiro atoms. The highest BCUT2D eigenvalue weighted by molar-refractivity contribution is 5.99. The van der Waals surface area contributed by atoms with Crippen molar-refractivity contribution in [3.8, 4) is 11.1 Å². The molecule has 1 amide bonds. The molecule has 1 fully saturated rings. The van der Waals surface area contributed by atoms with Crippen LogP contribution in [0.1, 0.15) is 32.8 Å². The summed E-state index contributed by atoms with van der Waals surface area (Å²) in [5.41, 5.74) is 6.45. The zero-order chi connectivity index (χ0) is 19.2. The third kappa shape index (κ3) is 4.95. The summed E-state index contributed by atoms with van der Waals surface area (Å²) in [6.45, 7) is 6.56. The van der Waals surface area contributed by atoms with Crippen LogP contribution >= 0.6 is 0 Å². The first-order chi connectivity index (χ1) is 13.0. The molecular weight excluding hydrogens is 340 g/mol. The summed E-state index contributed by atoms with van der Waals surface area (Å²) in [7, 11) is 0. The third-order valence-corrected chi connectivity index (χ3v) is 4.95. The zero-order valence-electron chi connectivity index (χ0n) is 16.0. The highest BCUT2D eigenvalue weighted by Gasteiger charge is 2.31. The van der Waals surface area contributed by atoms with Crippen molar-refractivity contribution in [3.63, 3.8) is 0 Å². The summed E-state index contributed by atoms with van der Waals surface area (Å²) in [4.78, 5) is 12.1. The standard InChI is InChI=1S/C22H26N2O3/c1-15-13-14-26-17(3)21(15)27-22(25)24-23-16(2)18-9-11-20(12-10-18)19-7-5-4-6-8-19/h4-12,15,17,21H,13-14H2,1-3H3,(H,24,25)/b23-16+/t15-,17-,21?/m0/s1. The van der Waals surface area contributed by atoms with Crippen LogP contribution in [0.4, 0.5) is 4.79 Å². The van der Waals surface area contributed by atoms with E-state index in [1.54, 1.807) is 0 Å². The summed E-state index contributed by atoms with van der Waals surface area (Å²) in [6, 6.07) is 18.3. The first kappa shape index (κ1) is 19.1. The highest BCUT2D eigenvalue weighted by atomic mass is 16.6. The van der Waals surface area contributed by atoms with Gasteiger partial charge in [0, 0.05) is 6.61 Å². The van der Waals surface area contributed by atoms with Crippen molar-refractivity contribution in [2.45, 2.75) is 39.4 Å².